The molecule has 0 saturated heterocycles. The summed E-state index contributed by atoms with van der Waals surface area (Å²) in [4.78, 5) is 22.8. The second kappa shape index (κ2) is 8.59. The molecular formula is C15H18N2O4. The highest BCUT2D eigenvalue weighted by atomic mass is 16.6. The third kappa shape index (κ3) is 5.95. The van der Waals surface area contributed by atoms with Crippen molar-refractivity contribution < 1.29 is 19.1 Å². The third-order valence-electron chi connectivity index (χ3n) is 2.67. The summed E-state index contributed by atoms with van der Waals surface area (Å²) in [6.07, 6.45) is 0.218. The summed E-state index contributed by atoms with van der Waals surface area (Å²) in [7, 11) is 0. The second-order valence-electron chi connectivity index (χ2n) is 4.43. The van der Waals surface area contributed by atoms with Crippen molar-refractivity contribution in [2.75, 3.05) is 19.8 Å². The molecule has 1 rings (SSSR count). The van der Waals surface area contributed by atoms with E-state index in [9.17, 15) is 9.59 Å². The number of hydrogen-bond donors (Lipinski definition) is 1. The zero-order valence-corrected chi connectivity index (χ0v) is 12.1. The number of esters is 1. The molecule has 21 heavy (non-hydrogen) atoms. The van der Waals surface area contributed by atoms with Crippen molar-refractivity contribution in [1.82, 2.24) is 5.32 Å². The van der Waals surface area contributed by atoms with Gasteiger partial charge in [0.15, 0.2) is 13.2 Å². The van der Waals surface area contributed by atoms with Gasteiger partial charge in [0.05, 0.1) is 12.5 Å². The van der Waals surface area contributed by atoms with Crippen molar-refractivity contribution >= 4 is 11.9 Å². The lowest BCUT2D eigenvalue weighted by molar-refractivity contribution is -0.150. The van der Waals surface area contributed by atoms with E-state index in [4.69, 9.17) is 14.7 Å². The smallest absolute Gasteiger partial charge is 0.344 e. The van der Waals surface area contributed by atoms with E-state index in [0.717, 1.165) is 11.1 Å². The summed E-state index contributed by atoms with van der Waals surface area (Å²) >= 11 is 0. The van der Waals surface area contributed by atoms with E-state index in [1.165, 1.54) is 0 Å². The molecule has 6 nitrogen and oxygen atoms in total. The molecular weight excluding hydrogens is 272 g/mol. The Hall–Kier alpha value is -2.55. The highest BCUT2D eigenvalue weighted by molar-refractivity contribution is 5.80. The molecule has 0 aromatic heterocycles. The minimum absolute atomic E-state index is 0.218. The van der Waals surface area contributed by atoms with Crippen LogP contribution in [0.5, 0.6) is 5.75 Å². The molecule has 0 spiro atoms. The first-order valence-electron chi connectivity index (χ1n) is 6.53. The van der Waals surface area contributed by atoms with Gasteiger partial charge >= 0.3 is 5.97 Å². The molecule has 0 aliphatic rings. The molecule has 0 atom stereocenters. The first-order chi connectivity index (χ1) is 10.0. The number of rotatable bonds is 7. The van der Waals surface area contributed by atoms with Gasteiger partial charge < -0.3 is 14.8 Å². The van der Waals surface area contributed by atoms with Crippen LogP contribution in [-0.4, -0.2) is 31.6 Å². The fourth-order valence-corrected chi connectivity index (χ4v) is 1.65. The molecule has 0 aliphatic heterocycles. The zero-order valence-electron chi connectivity index (χ0n) is 12.1. The fraction of sp³-hybridized carbons (Fsp3) is 0.400. The van der Waals surface area contributed by atoms with Crippen molar-refractivity contribution in [2.24, 2.45) is 0 Å². The SMILES string of the molecule is Cc1cccc(C)c1OCC(=O)OCC(=O)NCCC#N. The van der Waals surface area contributed by atoms with E-state index < -0.39 is 11.9 Å². The molecule has 1 N–H and O–H groups in total. The Morgan fingerprint density at radius 1 is 1.24 bits per heavy atom. The summed E-state index contributed by atoms with van der Waals surface area (Å²) in [5.74, 6) is -0.410. The van der Waals surface area contributed by atoms with Gasteiger partial charge in [0, 0.05) is 6.54 Å². The lowest BCUT2D eigenvalue weighted by Gasteiger charge is -2.11. The molecule has 0 bridgehead atoms. The average molecular weight is 290 g/mol. The number of hydrogen-bond acceptors (Lipinski definition) is 5. The minimum Gasteiger partial charge on any atom is -0.481 e. The van der Waals surface area contributed by atoms with Gasteiger partial charge in [-0.15, -0.1) is 0 Å². The Morgan fingerprint density at radius 3 is 2.52 bits per heavy atom. The molecule has 0 aliphatic carbocycles. The van der Waals surface area contributed by atoms with Gasteiger partial charge in [-0.3, -0.25) is 4.79 Å². The Labute approximate surface area is 123 Å². The average Bonchev–Trinajstić information content (AvgIpc) is 2.45. The highest BCUT2D eigenvalue weighted by Crippen LogP contribution is 2.22. The van der Waals surface area contributed by atoms with Gasteiger partial charge in [0.2, 0.25) is 0 Å². The number of carbonyl (C=O) groups excluding carboxylic acids is 2. The third-order valence-corrected chi connectivity index (χ3v) is 2.67. The summed E-state index contributed by atoms with van der Waals surface area (Å²) in [5, 5.41) is 10.8. The van der Waals surface area contributed by atoms with E-state index in [2.05, 4.69) is 5.32 Å². The predicted octanol–water partition coefficient (Wildman–Crippen LogP) is 1.26. The topological polar surface area (TPSA) is 88.4 Å². The molecule has 1 amide bonds. The van der Waals surface area contributed by atoms with Crippen LogP contribution in [0.25, 0.3) is 0 Å². The quantitative estimate of drug-likeness (QED) is 0.603. The van der Waals surface area contributed by atoms with Crippen molar-refractivity contribution in [3.8, 4) is 11.8 Å². The highest BCUT2D eigenvalue weighted by Gasteiger charge is 2.10. The first-order valence-corrected chi connectivity index (χ1v) is 6.53. The van der Waals surface area contributed by atoms with E-state index in [-0.39, 0.29) is 26.2 Å². The molecule has 1 aromatic carbocycles. The van der Waals surface area contributed by atoms with Gasteiger partial charge in [-0.25, -0.2) is 4.79 Å². The lowest BCUT2D eigenvalue weighted by atomic mass is 10.1. The van der Waals surface area contributed by atoms with Crippen molar-refractivity contribution in [3.63, 3.8) is 0 Å². The van der Waals surface area contributed by atoms with Gasteiger partial charge in [0.1, 0.15) is 5.75 Å². The lowest BCUT2D eigenvalue weighted by Crippen LogP contribution is -2.30. The number of ether oxygens (including phenoxy) is 2. The van der Waals surface area contributed by atoms with Crippen LogP contribution < -0.4 is 10.1 Å². The summed E-state index contributed by atoms with van der Waals surface area (Å²) < 4.78 is 10.2. The van der Waals surface area contributed by atoms with Crippen LogP contribution in [0.4, 0.5) is 0 Å². The van der Waals surface area contributed by atoms with Crippen LogP contribution in [0.15, 0.2) is 18.2 Å². The van der Waals surface area contributed by atoms with Crippen molar-refractivity contribution in [1.29, 1.82) is 5.26 Å². The predicted molar refractivity (Wildman–Crippen MR) is 75.6 cm³/mol. The summed E-state index contributed by atoms with van der Waals surface area (Å²) in [5.41, 5.74) is 1.86. The van der Waals surface area contributed by atoms with Crippen LogP contribution in [-0.2, 0) is 14.3 Å². The summed E-state index contributed by atoms with van der Waals surface area (Å²) in [6, 6.07) is 7.57. The van der Waals surface area contributed by atoms with Crippen LogP contribution >= 0.6 is 0 Å². The number of nitriles is 1. The molecule has 0 fully saturated rings. The maximum absolute atomic E-state index is 11.5. The fourth-order valence-electron chi connectivity index (χ4n) is 1.65. The van der Waals surface area contributed by atoms with Crippen molar-refractivity contribution in [3.05, 3.63) is 29.3 Å². The number of carbonyl (C=O) groups is 2. The molecule has 112 valence electrons. The number of nitrogens with zero attached hydrogens (tertiary/aromatic N) is 1. The Kier molecular flexibility index (Phi) is 6.75. The number of para-hydroxylation sites is 1. The van der Waals surface area contributed by atoms with Gasteiger partial charge in [-0.05, 0) is 25.0 Å². The number of aryl methyl sites for hydroxylation is 2. The maximum Gasteiger partial charge on any atom is 0.344 e. The van der Waals surface area contributed by atoms with Gasteiger partial charge in [-0.1, -0.05) is 18.2 Å². The molecule has 0 saturated carbocycles. The molecule has 1 aromatic rings. The van der Waals surface area contributed by atoms with Crippen LogP contribution in [0.3, 0.4) is 0 Å². The van der Waals surface area contributed by atoms with Crippen LogP contribution in [0, 0.1) is 25.2 Å². The number of benzene rings is 1. The molecule has 0 heterocycles. The second-order valence-corrected chi connectivity index (χ2v) is 4.43. The van der Waals surface area contributed by atoms with E-state index in [1.807, 2.05) is 38.1 Å². The monoisotopic (exact) mass is 290 g/mol. The normalized spacial score (nSPS) is 9.57. The molecule has 6 heteroatoms. The van der Waals surface area contributed by atoms with Crippen molar-refractivity contribution in [2.45, 2.75) is 20.3 Å². The maximum atomic E-state index is 11.5. The Bertz CT molecular complexity index is 529. The molecule has 0 radical (unpaired) electrons. The Balaban J connectivity index is 2.32. The van der Waals surface area contributed by atoms with E-state index in [0.29, 0.717) is 5.75 Å². The van der Waals surface area contributed by atoms with Crippen LogP contribution in [0.1, 0.15) is 17.5 Å². The van der Waals surface area contributed by atoms with E-state index >= 15 is 0 Å². The molecule has 0 unspecified atom stereocenters. The Morgan fingerprint density at radius 2 is 1.90 bits per heavy atom. The number of amides is 1. The van der Waals surface area contributed by atoms with Gasteiger partial charge in [-0.2, -0.15) is 5.26 Å². The standard InChI is InChI=1S/C15H18N2O4/c1-11-5-3-6-12(2)15(11)21-10-14(19)20-9-13(18)17-8-4-7-16/h3,5-6H,4,8-10H2,1-2H3,(H,17,18). The van der Waals surface area contributed by atoms with Gasteiger partial charge in [0.25, 0.3) is 5.91 Å². The van der Waals surface area contributed by atoms with E-state index in [1.54, 1.807) is 0 Å². The largest absolute Gasteiger partial charge is 0.481 e. The zero-order chi connectivity index (χ0) is 15.7. The minimum atomic E-state index is -0.618. The summed E-state index contributed by atoms with van der Waals surface area (Å²) in [6.45, 7) is 3.38. The number of nitrogens with one attached hydrogen (secondary N) is 1. The first kappa shape index (κ1) is 16.5. The van der Waals surface area contributed by atoms with Crippen LogP contribution in [0.2, 0.25) is 0 Å².